The summed E-state index contributed by atoms with van der Waals surface area (Å²) in [5, 5.41) is 0. The lowest BCUT2D eigenvalue weighted by Crippen LogP contribution is -2.14. The molecule has 0 aliphatic rings. The molecule has 0 aliphatic carbocycles. The van der Waals surface area contributed by atoms with Crippen LogP contribution in [0.5, 0.6) is 0 Å². The summed E-state index contributed by atoms with van der Waals surface area (Å²) >= 11 is 0. The molecule has 0 fully saturated rings. The van der Waals surface area contributed by atoms with Crippen molar-refractivity contribution in [2.45, 2.75) is 78.8 Å². The van der Waals surface area contributed by atoms with Crippen LogP contribution >= 0.6 is 0 Å². The van der Waals surface area contributed by atoms with Gasteiger partial charge in [-0.1, -0.05) is 47.0 Å². The Balaban J connectivity index is 0.00000211. The molecular formula is C17H27F4N. The maximum atomic E-state index is 14.1. The fourth-order valence-corrected chi connectivity index (χ4v) is 2.31. The Bertz CT molecular complexity index is 441. The van der Waals surface area contributed by atoms with Crippen LogP contribution in [-0.4, -0.2) is 4.98 Å². The standard InChI is InChI=1S/C15H21F4N.C2H6/c1-4-6-8-11(7-5-2)14-13(16)10(3)9-12(20-14)15(17,18)19;1-2/h9,11H,4-8H2,1-3H3;1-2H3. The van der Waals surface area contributed by atoms with Crippen molar-refractivity contribution in [1.29, 1.82) is 0 Å². The topological polar surface area (TPSA) is 12.9 Å². The number of pyridine rings is 1. The molecule has 1 aromatic rings. The number of hydrogen-bond acceptors (Lipinski definition) is 1. The van der Waals surface area contributed by atoms with Gasteiger partial charge in [-0.05, 0) is 31.4 Å². The second-order valence-electron chi connectivity index (χ2n) is 5.15. The lowest BCUT2D eigenvalue weighted by molar-refractivity contribution is -0.141. The highest BCUT2D eigenvalue weighted by Gasteiger charge is 2.34. The van der Waals surface area contributed by atoms with Crippen LogP contribution in [0.3, 0.4) is 0 Å². The summed E-state index contributed by atoms with van der Waals surface area (Å²) in [6, 6.07) is 0.779. The number of alkyl halides is 3. The molecule has 5 heteroatoms. The molecule has 22 heavy (non-hydrogen) atoms. The van der Waals surface area contributed by atoms with E-state index in [-0.39, 0.29) is 17.2 Å². The molecule has 1 rings (SSSR count). The van der Waals surface area contributed by atoms with E-state index in [2.05, 4.69) is 4.98 Å². The summed E-state index contributed by atoms with van der Waals surface area (Å²) in [7, 11) is 0. The average molecular weight is 321 g/mol. The van der Waals surface area contributed by atoms with Crippen molar-refractivity contribution in [2.75, 3.05) is 0 Å². The number of aromatic nitrogens is 1. The van der Waals surface area contributed by atoms with Crippen molar-refractivity contribution in [3.63, 3.8) is 0 Å². The van der Waals surface area contributed by atoms with Crippen molar-refractivity contribution < 1.29 is 17.6 Å². The normalized spacial score (nSPS) is 12.6. The molecule has 128 valence electrons. The van der Waals surface area contributed by atoms with Gasteiger partial charge >= 0.3 is 6.18 Å². The molecule has 0 spiro atoms. The molecule has 0 saturated carbocycles. The number of aryl methyl sites for hydroxylation is 1. The molecule has 1 heterocycles. The van der Waals surface area contributed by atoms with Gasteiger partial charge in [-0.2, -0.15) is 13.2 Å². The van der Waals surface area contributed by atoms with Gasteiger partial charge in [0.05, 0.1) is 5.69 Å². The lowest BCUT2D eigenvalue weighted by atomic mass is 9.92. The summed E-state index contributed by atoms with van der Waals surface area (Å²) in [5.41, 5.74) is -1.00. The fraction of sp³-hybridized carbons (Fsp3) is 0.706. The first-order valence-corrected chi connectivity index (χ1v) is 8.05. The largest absolute Gasteiger partial charge is 0.433 e. The molecule has 0 radical (unpaired) electrons. The predicted octanol–water partition coefficient (Wildman–Crippen LogP) is 6.65. The molecule has 1 atom stereocenters. The maximum Gasteiger partial charge on any atom is 0.433 e. The minimum Gasteiger partial charge on any atom is -0.245 e. The van der Waals surface area contributed by atoms with Gasteiger partial charge in [0.1, 0.15) is 11.5 Å². The van der Waals surface area contributed by atoms with E-state index in [9.17, 15) is 17.6 Å². The van der Waals surface area contributed by atoms with E-state index in [0.717, 1.165) is 25.3 Å². The van der Waals surface area contributed by atoms with Gasteiger partial charge in [0, 0.05) is 5.92 Å². The minimum absolute atomic E-state index is 0.0138. The zero-order valence-corrected chi connectivity index (χ0v) is 14.1. The maximum absolute atomic E-state index is 14.1. The van der Waals surface area contributed by atoms with Crippen LogP contribution in [0.15, 0.2) is 6.07 Å². The van der Waals surface area contributed by atoms with Gasteiger partial charge in [0.25, 0.3) is 0 Å². The lowest BCUT2D eigenvalue weighted by Gasteiger charge is -2.19. The van der Waals surface area contributed by atoms with E-state index < -0.39 is 17.7 Å². The van der Waals surface area contributed by atoms with Crippen LogP contribution < -0.4 is 0 Å². The van der Waals surface area contributed by atoms with Gasteiger partial charge in [0.2, 0.25) is 0 Å². The third-order valence-corrected chi connectivity index (χ3v) is 3.39. The molecular weight excluding hydrogens is 294 g/mol. The quantitative estimate of drug-likeness (QED) is 0.535. The average Bonchev–Trinajstić information content (AvgIpc) is 2.47. The van der Waals surface area contributed by atoms with Crippen LogP contribution in [-0.2, 0) is 6.18 Å². The van der Waals surface area contributed by atoms with E-state index in [0.29, 0.717) is 12.8 Å². The first kappa shape index (κ1) is 20.9. The third kappa shape index (κ3) is 5.93. The predicted molar refractivity (Wildman–Crippen MR) is 82.5 cm³/mol. The summed E-state index contributed by atoms with van der Waals surface area (Å²) in [6.07, 6.45) is -0.611. The van der Waals surface area contributed by atoms with Gasteiger partial charge < -0.3 is 0 Å². The first-order chi connectivity index (χ1) is 10.3. The zero-order chi connectivity index (χ0) is 17.3. The second kappa shape index (κ2) is 9.80. The molecule has 1 aromatic heterocycles. The summed E-state index contributed by atoms with van der Waals surface area (Å²) in [6.45, 7) is 9.31. The SMILES string of the molecule is CC.CCCCC(CCC)c1nc(C(F)(F)F)cc(C)c1F. The van der Waals surface area contributed by atoms with Crippen molar-refractivity contribution in [3.8, 4) is 0 Å². The molecule has 1 nitrogen and oxygen atoms in total. The van der Waals surface area contributed by atoms with Crippen molar-refractivity contribution in [1.82, 2.24) is 4.98 Å². The number of hydrogen-bond donors (Lipinski definition) is 0. The number of rotatable bonds is 6. The number of unbranched alkanes of at least 4 members (excludes halogenated alkanes) is 1. The smallest absolute Gasteiger partial charge is 0.245 e. The Morgan fingerprint density at radius 1 is 1.09 bits per heavy atom. The third-order valence-electron chi connectivity index (χ3n) is 3.39. The molecule has 0 N–H and O–H groups in total. The summed E-state index contributed by atoms with van der Waals surface area (Å²) in [5.74, 6) is -0.825. The van der Waals surface area contributed by atoms with Gasteiger partial charge in [0.15, 0.2) is 0 Å². The molecule has 0 bridgehead atoms. The van der Waals surface area contributed by atoms with E-state index >= 15 is 0 Å². The van der Waals surface area contributed by atoms with Crippen LogP contribution in [0.4, 0.5) is 17.6 Å². The first-order valence-electron chi connectivity index (χ1n) is 8.05. The molecule has 0 aromatic carbocycles. The van der Waals surface area contributed by atoms with Gasteiger partial charge in [-0.15, -0.1) is 0 Å². The Morgan fingerprint density at radius 3 is 2.14 bits per heavy atom. The van der Waals surface area contributed by atoms with Crippen molar-refractivity contribution in [2.24, 2.45) is 0 Å². The monoisotopic (exact) mass is 321 g/mol. The van der Waals surface area contributed by atoms with Crippen LogP contribution in [0, 0.1) is 12.7 Å². The summed E-state index contributed by atoms with van der Waals surface area (Å²) in [4.78, 5) is 3.58. The van der Waals surface area contributed by atoms with Crippen molar-refractivity contribution >= 4 is 0 Å². The second-order valence-corrected chi connectivity index (χ2v) is 5.15. The van der Waals surface area contributed by atoms with Crippen molar-refractivity contribution in [3.05, 3.63) is 28.8 Å². The Morgan fingerprint density at radius 2 is 1.68 bits per heavy atom. The Hall–Kier alpha value is -1.13. The molecule has 0 aliphatic heterocycles. The van der Waals surface area contributed by atoms with E-state index in [1.54, 1.807) is 0 Å². The zero-order valence-electron chi connectivity index (χ0n) is 14.1. The number of halogens is 4. The van der Waals surface area contributed by atoms with Crippen LogP contribution in [0.2, 0.25) is 0 Å². The summed E-state index contributed by atoms with van der Waals surface area (Å²) < 4.78 is 52.5. The Labute approximate surface area is 131 Å². The molecule has 0 saturated heterocycles. The van der Waals surface area contributed by atoms with E-state index in [1.165, 1.54) is 6.92 Å². The number of nitrogens with zero attached hydrogens (tertiary/aromatic N) is 1. The molecule has 0 amide bonds. The van der Waals surface area contributed by atoms with Crippen LogP contribution in [0.25, 0.3) is 0 Å². The van der Waals surface area contributed by atoms with E-state index in [4.69, 9.17) is 0 Å². The highest BCUT2D eigenvalue weighted by Crippen LogP contribution is 2.34. The van der Waals surface area contributed by atoms with Gasteiger partial charge in [-0.25, -0.2) is 9.37 Å². The Kier molecular flexibility index (Phi) is 9.30. The van der Waals surface area contributed by atoms with Crippen LogP contribution in [0.1, 0.15) is 82.7 Å². The molecule has 1 unspecified atom stereocenters. The van der Waals surface area contributed by atoms with E-state index in [1.807, 2.05) is 27.7 Å². The fourth-order valence-electron chi connectivity index (χ4n) is 2.31. The van der Waals surface area contributed by atoms with Gasteiger partial charge in [-0.3, -0.25) is 0 Å². The highest BCUT2D eigenvalue weighted by atomic mass is 19.4. The minimum atomic E-state index is -4.53. The highest BCUT2D eigenvalue weighted by molar-refractivity contribution is 5.26.